The number of rotatable bonds is 2. The van der Waals surface area contributed by atoms with E-state index in [4.69, 9.17) is 9.47 Å². The molecule has 1 saturated heterocycles. The lowest BCUT2D eigenvalue weighted by molar-refractivity contribution is -0.313. The molecule has 2 aliphatic heterocycles. The maximum Gasteiger partial charge on any atom is 0.334 e. The number of hydrogen-bond donors (Lipinski definition) is 4. The number of carbonyl (C=O) groups is 2. The Hall–Kier alpha value is -1.58. The van der Waals surface area contributed by atoms with Gasteiger partial charge in [0, 0.05) is 23.3 Å². The average Bonchev–Trinajstić information content (AvgIpc) is 3.04. The topological polar surface area (TPSA) is 134 Å². The summed E-state index contributed by atoms with van der Waals surface area (Å²) in [5.74, 6) is -1.41. The van der Waals surface area contributed by atoms with E-state index in [0.29, 0.717) is 24.8 Å². The van der Waals surface area contributed by atoms with Gasteiger partial charge in [-0.05, 0) is 78.4 Å². The van der Waals surface area contributed by atoms with Gasteiger partial charge in [-0.25, -0.2) is 4.79 Å². The van der Waals surface area contributed by atoms with Crippen LogP contribution < -0.4 is 0 Å². The van der Waals surface area contributed by atoms with E-state index >= 15 is 0 Å². The fourth-order valence-electron chi connectivity index (χ4n) is 8.61. The van der Waals surface area contributed by atoms with Gasteiger partial charge < -0.3 is 29.9 Å². The van der Waals surface area contributed by atoms with Crippen molar-refractivity contribution in [1.82, 2.24) is 0 Å². The number of esters is 1. The quantitative estimate of drug-likeness (QED) is 0.420. The average molecular weight is 505 g/mol. The summed E-state index contributed by atoms with van der Waals surface area (Å²) in [7, 11) is 0. The first-order valence-corrected chi connectivity index (χ1v) is 13.1. The predicted molar refractivity (Wildman–Crippen MR) is 130 cm³/mol. The van der Waals surface area contributed by atoms with Crippen molar-refractivity contribution in [1.29, 1.82) is 0 Å². The van der Waals surface area contributed by atoms with Gasteiger partial charge in [0.1, 0.15) is 29.0 Å². The highest BCUT2D eigenvalue weighted by Crippen LogP contribution is 2.70. The van der Waals surface area contributed by atoms with Crippen LogP contribution in [0.4, 0.5) is 0 Å². The van der Waals surface area contributed by atoms with Gasteiger partial charge in [-0.15, -0.1) is 0 Å². The Kier molecular flexibility index (Phi) is 5.43. The number of hydrogen-bond acceptors (Lipinski definition) is 8. The predicted octanol–water partition coefficient (Wildman–Crippen LogP) is 1.97. The first-order chi connectivity index (χ1) is 16.5. The fourth-order valence-corrected chi connectivity index (χ4v) is 8.61. The third kappa shape index (κ3) is 2.72. The van der Waals surface area contributed by atoms with Gasteiger partial charge in [-0.2, -0.15) is 0 Å². The van der Waals surface area contributed by atoms with E-state index in [2.05, 4.69) is 0 Å². The Bertz CT molecular complexity index is 1080. The zero-order valence-electron chi connectivity index (χ0n) is 22.1. The fraction of sp³-hybridized carbons (Fsp3) is 0.786. The van der Waals surface area contributed by atoms with Crippen LogP contribution in [0.2, 0.25) is 0 Å². The molecule has 0 amide bonds. The van der Waals surface area contributed by atoms with Gasteiger partial charge in [0.2, 0.25) is 0 Å². The summed E-state index contributed by atoms with van der Waals surface area (Å²) < 4.78 is 11.9. The van der Waals surface area contributed by atoms with E-state index < -0.39 is 57.3 Å². The second-order valence-electron chi connectivity index (χ2n) is 12.8. The van der Waals surface area contributed by atoms with Gasteiger partial charge >= 0.3 is 5.97 Å². The minimum Gasteiger partial charge on any atom is -0.455 e. The molecule has 10 atom stereocenters. The summed E-state index contributed by atoms with van der Waals surface area (Å²) >= 11 is 0. The molecule has 8 nitrogen and oxygen atoms in total. The highest BCUT2D eigenvalue weighted by molar-refractivity contribution is 5.97. The lowest BCUT2D eigenvalue weighted by Crippen LogP contribution is -2.75. The molecule has 5 aliphatic rings. The van der Waals surface area contributed by atoms with Crippen molar-refractivity contribution >= 4 is 11.8 Å². The summed E-state index contributed by atoms with van der Waals surface area (Å²) in [6.45, 7) is 10.5. The zero-order valence-corrected chi connectivity index (χ0v) is 22.1. The highest BCUT2D eigenvalue weighted by atomic mass is 16.6. The van der Waals surface area contributed by atoms with Crippen LogP contribution >= 0.6 is 0 Å². The van der Waals surface area contributed by atoms with Gasteiger partial charge in [-0.1, -0.05) is 12.5 Å². The number of aliphatic hydroxyl groups is 4. The third-order valence-corrected chi connectivity index (χ3v) is 11.8. The number of allylic oxidation sites excluding steroid dienone is 1. The molecule has 0 aromatic rings. The molecule has 3 aliphatic carbocycles. The summed E-state index contributed by atoms with van der Waals surface area (Å²) in [4.78, 5) is 25.8. The van der Waals surface area contributed by atoms with Crippen molar-refractivity contribution in [2.24, 2.45) is 22.7 Å². The van der Waals surface area contributed by atoms with Crippen molar-refractivity contribution in [3.63, 3.8) is 0 Å². The molecule has 0 aromatic heterocycles. The molecule has 200 valence electrons. The van der Waals surface area contributed by atoms with Crippen LogP contribution in [0.15, 0.2) is 23.3 Å². The van der Waals surface area contributed by atoms with E-state index in [0.717, 1.165) is 5.57 Å². The minimum absolute atomic E-state index is 0.108. The van der Waals surface area contributed by atoms with E-state index in [1.54, 1.807) is 20.8 Å². The molecular weight excluding hydrogens is 464 g/mol. The van der Waals surface area contributed by atoms with Crippen molar-refractivity contribution in [2.75, 3.05) is 6.61 Å². The lowest BCUT2D eigenvalue weighted by atomic mass is 9.44. The maximum atomic E-state index is 13.3. The molecule has 5 rings (SSSR count). The third-order valence-electron chi connectivity index (χ3n) is 11.8. The van der Waals surface area contributed by atoms with E-state index in [-0.39, 0.29) is 31.1 Å². The Morgan fingerprint density at radius 1 is 1.06 bits per heavy atom. The SMILES string of the molecule is CC1=C(C)C(=O)OC([C@](C)(O)[C@]2(O)CC[C@@]3(O)C4CO[C@@]5(C)[C@@H](O)C=CC(=O)[C@]5(C)C4CC[C@]23C)C1. The standard InChI is InChI=1S/C28H40O8/c1-15-13-21(36-22(31)16(15)2)25(5,32)28(34)12-11-27(33)18-14-35-26(6)20(30)8-7-19(29)24(26,4)17(18)9-10-23(27,28)3/h7-8,17-18,20-21,30,32-34H,9-14H2,1-6H3/t17?,18?,20-,21?,23-,24-,25-,26-,27+,28-/m0/s1. The first-order valence-electron chi connectivity index (χ1n) is 13.1. The molecule has 2 saturated carbocycles. The van der Waals surface area contributed by atoms with E-state index in [1.165, 1.54) is 19.1 Å². The van der Waals surface area contributed by atoms with E-state index in [1.807, 2.05) is 13.8 Å². The van der Waals surface area contributed by atoms with Crippen molar-refractivity contribution < 1.29 is 39.5 Å². The Morgan fingerprint density at radius 2 is 1.72 bits per heavy atom. The summed E-state index contributed by atoms with van der Waals surface area (Å²) in [6.07, 6.45) is 2.45. The molecular formula is C28H40O8. The monoisotopic (exact) mass is 504 g/mol. The normalized spacial score (nSPS) is 52.3. The van der Waals surface area contributed by atoms with Crippen LogP contribution in [-0.4, -0.2) is 73.4 Å². The van der Waals surface area contributed by atoms with Gasteiger partial charge in [0.05, 0.1) is 17.6 Å². The van der Waals surface area contributed by atoms with Crippen molar-refractivity contribution in [3.05, 3.63) is 23.3 Å². The summed E-state index contributed by atoms with van der Waals surface area (Å²) in [6, 6.07) is 0. The number of fused-ring (bicyclic) bond motifs is 5. The summed E-state index contributed by atoms with van der Waals surface area (Å²) in [5.41, 5.74) is -7.04. The molecule has 0 radical (unpaired) electrons. The molecule has 8 heteroatoms. The van der Waals surface area contributed by atoms with Crippen molar-refractivity contribution in [2.45, 2.75) is 108 Å². The number of aliphatic hydroxyl groups excluding tert-OH is 1. The second-order valence-corrected chi connectivity index (χ2v) is 12.8. The van der Waals surface area contributed by atoms with Crippen molar-refractivity contribution in [3.8, 4) is 0 Å². The molecule has 3 fully saturated rings. The van der Waals surface area contributed by atoms with Crippen LogP contribution in [0.25, 0.3) is 0 Å². The minimum atomic E-state index is -1.83. The Balaban J connectivity index is 1.54. The largest absolute Gasteiger partial charge is 0.455 e. The maximum absolute atomic E-state index is 13.3. The molecule has 0 aromatic carbocycles. The van der Waals surface area contributed by atoms with Gasteiger partial charge in [-0.3, -0.25) is 4.79 Å². The van der Waals surface area contributed by atoms with Crippen LogP contribution in [-0.2, 0) is 19.1 Å². The van der Waals surface area contributed by atoms with Gasteiger partial charge in [0.25, 0.3) is 0 Å². The molecule has 0 bridgehead atoms. The van der Waals surface area contributed by atoms with Crippen LogP contribution in [0, 0.1) is 22.7 Å². The molecule has 4 N–H and O–H groups in total. The van der Waals surface area contributed by atoms with Gasteiger partial charge in [0.15, 0.2) is 5.78 Å². The number of ketones is 1. The molecule has 3 unspecified atom stereocenters. The smallest absolute Gasteiger partial charge is 0.334 e. The highest BCUT2D eigenvalue weighted by Gasteiger charge is 2.78. The summed E-state index contributed by atoms with van der Waals surface area (Å²) in [5, 5.41) is 47.4. The Labute approximate surface area is 212 Å². The number of ether oxygens (including phenoxy) is 2. The number of cyclic esters (lactones) is 1. The number of carbonyl (C=O) groups excluding carboxylic acids is 2. The van der Waals surface area contributed by atoms with E-state index in [9.17, 15) is 30.0 Å². The molecule has 36 heavy (non-hydrogen) atoms. The van der Waals surface area contributed by atoms with Crippen LogP contribution in [0.3, 0.4) is 0 Å². The Morgan fingerprint density at radius 3 is 2.36 bits per heavy atom. The zero-order chi connectivity index (χ0) is 26.7. The van der Waals surface area contributed by atoms with Crippen LogP contribution in [0.1, 0.15) is 73.6 Å². The van der Waals surface area contributed by atoms with Crippen LogP contribution in [0.5, 0.6) is 0 Å². The first kappa shape index (κ1) is 26.0. The lowest BCUT2D eigenvalue weighted by Gasteiger charge is -2.66. The molecule has 0 spiro atoms. The molecule has 2 heterocycles. The second kappa shape index (κ2) is 7.50.